The summed E-state index contributed by atoms with van der Waals surface area (Å²) in [5.41, 5.74) is 1.98. The molecule has 1 aromatic rings. The van der Waals surface area contributed by atoms with E-state index in [1.54, 1.807) is 14.0 Å². The number of benzene rings is 1. The van der Waals surface area contributed by atoms with Crippen molar-refractivity contribution in [2.75, 3.05) is 19.1 Å². The molecule has 1 aliphatic rings. The van der Waals surface area contributed by atoms with Crippen molar-refractivity contribution in [3.63, 3.8) is 0 Å². The quantitative estimate of drug-likeness (QED) is 0.871. The fourth-order valence-corrected chi connectivity index (χ4v) is 2.41. The van der Waals surface area contributed by atoms with Crippen LogP contribution in [0.5, 0.6) is 5.75 Å². The van der Waals surface area contributed by atoms with Crippen LogP contribution in [0.4, 0.5) is 5.69 Å². The predicted octanol–water partition coefficient (Wildman–Crippen LogP) is 2.74. The molecule has 0 bridgehead atoms. The highest BCUT2D eigenvalue weighted by molar-refractivity contribution is 5.60. The van der Waals surface area contributed by atoms with E-state index in [0.717, 1.165) is 17.0 Å². The average Bonchev–Trinajstić information content (AvgIpc) is 2.25. The Hall–Kier alpha value is -1.22. The molecule has 94 valence electrons. The lowest BCUT2D eigenvalue weighted by atomic mass is 9.90. The van der Waals surface area contributed by atoms with Crippen LogP contribution in [0.15, 0.2) is 18.2 Å². The van der Waals surface area contributed by atoms with Crippen molar-refractivity contribution in [3.8, 4) is 5.75 Å². The van der Waals surface area contributed by atoms with Crippen molar-refractivity contribution in [2.24, 2.45) is 0 Å². The van der Waals surface area contributed by atoms with Crippen LogP contribution in [0.25, 0.3) is 0 Å². The summed E-state index contributed by atoms with van der Waals surface area (Å²) in [7, 11) is 3.75. The summed E-state index contributed by atoms with van der Waals surface area (Å²) in [6.07, 6.45) is 3.28. The number of aliphatic hydroxyl groups is 1. The van der Waals surface area contributed by atoms with Crippen LogP contribution in [-0.2, 0) is 0 Å². The van der Waals surface area contributed by atoms with Gasteiger partial charge in [-0.1, -0.05) is 6.07 Å². The van der Waals surface area contributed by atoms with Gasteiger partial charge in [0.15, 0.2) is 0 Å². The number of anilines is 1. The molecule has 1 aromatic carbocycles. The van der Waals surface area contributed by atoms with Crippen molar-refractivity contribution in [3.05, 3.63) is 23.8 Å². The highest BCUT2D eigenvalue weighted by Gasteiger charge is 2.25. The topological polar surface area (TPSA) is 32.7 Å². The molecule has 0 spiro atoms. The van der Waals surface area contributed by atoms with Crippen LogP contribution >= 0.6 is 0 Å². The zero-order chi connectivity index (χ0) is 12.4. The minimum atomic E-state index is -0.510. The maximum atomic E-state index is 9.93. The molecule has 0 radical (unpaired) electrons. The van der Waals surface area contributed by atoms with Crippen molar-refractivity contribution in [1.82, 2.24) is 0 Å². The standard InChI is InChI=1S/C14H21NO2/c1-10(16)14-12(8-5-9-13(14)17-3)15(2)11-6-4-7-11/h5,8-11,16H,4,6-7H2,1-3H3/t10-/m0/s1. The Bertz CT molecular complexity index is 386. The van der Waals surface area contributed by atoms with Gasteiger partial charge in [0.1, 0.15) is 5.75 Å². The molecule has 0 saturated heterocycles. The molecule has 1 N–H and O–H groups in total. The molecule has 2 rings (SSSR count). The molecule has 0 unspecified atom stereocenters. The number of hydrogen-bond donors (Lipinski definition) is 1. The molecule has 0 heterocycles. The fourth-order valence-electron chi connectivity index (χ4n) is 2.41. The Kier molecular flexibility index (Phi) is 3.57. The number of aliphatic hydroxyl groups excluding tert-OH is 1. The Morgan fingerprint density at radius 2 is 2.12 bits per heavy atom. The SMILES string of the molecule is COc1cccc(N(C)C2CCC2)c1[C@H](C)O. The van der Waals surface area contributed by atoms with E-state index in [-0.39, 0.29) is 0 Å². The van der Waals surface area contributed by atoms with E-state index in [2.05, 4.69) is 18.0 Å². The van der Waals surface area contributed by atoms with Gasteiger partial charge in [-0.2, -0.15) is 0 Å². The first-order valence-electron chi connectivity index (χ1n) is 6.23. The van der Waals surface area contributed by atoms with Crippen molar-refractivity contribution >= 4 is 5.69 Å². The van der Waals surface area contributed by atoms with Crippen molar-refractivity contribution in [2.45, 2.75) is 38.3 Å². The Balaban J connectivity index is 2.37. The normalized spacial score (nSPS) is 17.4. The van der Waals surface area contributed by atoms with Gasteiger partial charge in [0.05, 0.1) is 13.2 Å². The molecule has 3 heteroatoms. The maximum Gasteiger partial charge on any atom is 0.126 e. The van der Waals surface area contributed by atoms with E-state index >= 15 is 0 Å². The van der Waals surface area contributed by atoms with E-state index < -0.39 is 6.10 Å². The number of methoxy groups -OCH3 is 1. The van der Waals surface area contributed by atoms with Gasteiger partial charge < -0.3 is 14.7 Å². The molecular formula is C14H21NO2. The lowest BCUT2D eigenvalue weighted by Gasteiger charge is -2.38. The third-order valence-electron chi connectivity index (χ3n) is 3.68. The summed E-state index contributed by atoms with van der Waals surface area (Å²) >= 11 is 0. The van der Waals surface area contributed by atoms with Crippen LogP contribution < -0.4 is 9.64 Å². The van der Waals surface area contributed by atoms with Crippen LogP contribution in [0.3, 0.4) is 0 Å². The van der Waals surface area contributed by atoms with Crippen LogP contribution in [0.1, 0.15) is 37.9 Å². The monoisotopic (exact) mass is 235 g/mol. The molecular weight excluding hydrogens is 214 g/mol. The summed E-state index contributed by atoms with van der Waals surface area (Å²) in [6.45, 7) is 1.79. The summed E-state index contributed by atoms with van der Waals surface area (Å²) in [5.74, 6) is 0.767. The molecule has 0 aromatic heterocycles. The molecule has 1 fully saturated rings. The molecule has 1 atom stereocenters. The second-order valence-electron chi connectivity index (χ2n) is 4.76. The molecule has 0 aliphatic heterocycles. The average molecular weight is 235 g/mol. The van der Waals surface area contributed by atoms with Crippen LogP contribution in [0.2, 0.25) is 0 Å². The van der Waals surface area contributed by atoms with Gasteiger partial charge in [0.25, 0.3) is 0 Å². The summed E-state index contributed by atoms with van der Waals surface area (Å²) < 4.78 is 5.34. The summed E-state index contributed by atoms with van der Waals surface area (Å²) in [4.78, 5) is 2.27. The van der Waals surface area contributed by atoms with E-state index in [1.807, 2.05) is 12.1 Å². The first-order valence-corrected chi connectivity index (χ1v) is 6.23. The van der Waals surface area contributed by atoms with E-state index in [0.29, 0.717) is 6.04 Å². The Morgan fingerprint density at radius 1 is 1.41 bits per heavy atom. The zero-order valence-electron chi connectivity index (χ0n) is 10.8. The van der Waals surface area contributed by atoms with Gasteiger partial charge in [-0.05, 0) is 38.3 Å². The highest BCUT2D eigenvalue weighted by atomic mass is 16.5. The third-order valence-corrected chi connectivity index (χ3v) is 3.68. The lowest BCUT2D eigenvalue weighted by molar-refractivity contribution is 0.194. The van der Waals surface area contributed by atoms with E-state index in [9.17, 15) is 5.11 Å². The Morgan fingerprint density at radius 3 is 2.59 bits per heavy atom. The molecule has 3 nitrogen and oxygen atoms in total. The fraction of sp³-hybridized carbons (Fsp3) is 0.571. The minimum absolute atomic E-state index is 0.510. The second-order valence-corrected chi connectivity index (χ2v) is 4.76. The van der Waals surface area contributed by atoms with Gasteiger partial charge in [-0.3, -0.25) is 0 Å². The largest absolute Gasteiger partial charge is 0.496 e. The molecule has 17 heavy (non-hydrogen) atoms. The molecule has 1 saturated carbocycles. The smallest absolute Gasteiger partial charge is 0.126 e. The Labute approximate surface area is 103 Å². The van der Waals surface area contributed by atoms with Gasteiger partial charge in [-0.25, -0.2) is 0 Å². The van der Waals surface area contributed by atoms with Gasteiger partial charge in [0, 0.05) is 24.3 Å². The first kappa shape index (κ1) is 12.2. The first-order chi connectivity index (χ1) is 8.15. The maximum absolute atomic E-state index is 9.93. The van der Waals surface area contributed by atoms with Crippen molar-refractivity contribution in [1.29, 1.82) is 0 Å². The van der Waals surface area contributed by atoms with Crippen LogP contribution in [0, 0.1) is 0 Å². The zero-order valence-corrected chi connectivity index (χ0v) is 10.8. The number of ether oxygens (including phenoxy) is 1. The van der Waals surface area contributed by atoms with Gasteiger partial charge in [-0.15, -0.1) is 0 Å². The van der Waals surface area contributed by atoms with Crippen LogP contribution in [-0.4, -0.2) is 25.3 Å². The summed E-state index contributed by atoms with van der Waals surface area (Å²) in [5, 5.41) is 9.93. The van der Waals surface area contributed by atoms with Gasteiger partial charge >= 0.3 is 0 Å². The minimum Gasteiger partial charge on any atom is -0.496 e. The number of hydrogen-bond acceptors (Lipinski definition) is 3. The molecule has 1 aliphatic carbocycles. The van der Waals surface area contributed by atoms with Gasteiger partial charge in [0.2, 0.25) is 0 Å². The third kappa shape index (κ3) is 2.25. The molecule has 0 amide bonds. The lowest BCUT2D eigenvalue weighted by Crippen LogP contribution is -2.37. The van der Waals surface area contributed by atoms with E-state index in [4.69, 9.17) is 4.74 Å². The predicted molar refractivity (Wildman–Crippen MR) is 69.7 cm³/mol. The highest BCUT2D eigenvalue weighted by Crippen LogP contribution is 2.37. The number of nitrogens with zero attached hydrogens (tertiary/aromatic N) is 1. The summed E-state index contributed by atoms with van der Waals surface area (Å²) in [6, 6.07) is 6.55. The van der Waals surface area contributed by atoms with Crippen molar-refractivity contribution < 1.29 is 9.84 Å². The second kappa shape index (κ2) is 4.96. The van der Waals surface area contributed by atoms with E-state index in [1.165, 1.54) is 19.3 Å². The number of rotatable bonds is 4.